The number of allylic oxidation sites excluding steroid dienone is 11. The number of unbranched alkanes of at least 4 members (excludes halogenated alkanes) is 1. The number of carbonyl (C=O) groups is 1. The first kappa shape index (κ1) is 20.9. The summed E-state index contributed by atoms with van der Waals surface area (Å²) in [4.78, 5) is 10.6. The molecule has 0 aromatic rings. The number of carboxylic acids is 1. The van der Waals surface area contributed by atoms with E-state index in [-0.39, 0.29) is 0 Å². The molecule has 0 spiro atoms. The fourth-order valence-electron chi connectivity index (χ4n) is 1.67. The highest BCUT2D eigenvalue weighted by Gasteiger charge is 1.95. The van der Waals surface area contributed by atoms with E-state index < -0.39 is 5.97 Å². The van der Waals surface area contributed by atoms with Gasteiger partial charge in [-0.25, -0.2) is 4.79 Å². The summed E-state index contributed by atoms with van der Waals surface area (Å²) in [6.07, 6.45) is 28.9. The van der Waals surface area contributed by atoms with Crippen molar-refractivity contribution in [3.63, 3.8) is 0 Å². The lowest BCUT2D eigenvalue weighted by Gasteiger charge is -1.89. The van der Waals surface area contributed by atoms with Crippen LogP contribution < -0.4 is 0 Å². The summed E-state index contributed by atoms with van der Waals surface area (Å²) in [7, 11) is 0. The van der Waals surface area contributed by atoms with Crippen LogP contribution in [0.25, 0.3) is 0 Å². The molecule has 0 aromatic heterocycles. The lowest BCUT2D eigenvalue weighted by molar-refractivity contribution is -0.132. The quantitative estimate of drug-likeness (QED) is 0.203. The topological polar surface area (TPSA) is 37.3 Å². The van der Waals surface area contributed by atoms with Crippen LogP contribution in [-0.4, -0.2) is 11.1 Å². The Morgan fingerprint density at radius 1 is 0.783 bits per heavy atom. The van der Waals surface area contributed by atoms with Crippen LogP contribution >= 0.6 is 0 Å². The fraction of sp³-hybridized carbons (Fsp3) is 0.381. The van der Waals surface area contributed by atoms with Gasteiger partial charge in [0, 0.05) is 5.57 Å². The summed E-state index contributed by atoms with van der Waals surface area (Å²) in [5, 5.41) is 8.68. The van der Waals surface area contributed by atoms with Gasteiger partial charge < -0.3 is 5.11 Å². The second kappa shape index (κ2) is 16.3. The van der Waals surface area contributed by atoms with Crippen LogP contribution in [-0.2, 0) is 4.79 Å². The first-order valence-electron chi connectivity index (χ1n) is 8.35. The van der Waals surface area contributed by atoms with E-state index >= 15 is 0 Å². The zero-order valence-electron chi connectivity index (χ0n) is 14.4. The first-order valence-corrected chi connectivity index (χ1v) is 8.35. The molecule has 0 saturated heterocycles. The van der Waals surface area contributed by atoms with Gasteiger partial charge in [0.05, 0.1) is 0 Å². The highest BCUT2D eigenvalue weighted by Crippen LogP contribution is 1.99. The largest absolute Gasteiger partial charge is 0.478 e. The Hall–Kier alpha value is -2.09. The summed E-state index contributed by atoms with van der Waals surface area (Å²) < 4.78 is 0. The Balaban J connectivity index is 3.62. The third-order valence-electron chi connectivity index (χ3n) is 3.04. The van der Waals surface area contributed by atoms with Crippen LogP contribution in [0.2, 0.25) is 0 Å². The Kier molecular flexibility index (Phi) is 14.8. The molecule has 0 aromatic carbocycles. The van der Waals surface area contributed by atoms with Gasteiger partial charge in [-0.15, -0.1) is 0 Å². The van der Waals surface area contributed by atoms with Crippen molar-refractivity contribution in [3.8, 4) is 0 Å². The molecule has 0 amide bonds. The van der Waals surface area contributed by atoms with Gasteiger partial charge in [-0.1, -0.05) is 73.8 Å². The molecule has 2 heteroatoms. The van der Waals surface area contributed by atoms with Crippen molar-refractivity contribution in [2.45, 2.75) is 52.4 Å². The average Bonchev–Trinajstić information content (AvgIpc) is 2.54. The number of aliphatic carboxylic acids is 1. The maximum absolute atomic E-state index is 10.6. The Morgan fingerprint density at radius 3 is 1.78 bits per heavy atom. The van der Waals surface area contributed by atoms with Crippen LogP contribution in [0.4, 0.5) is 0 Å². The highest BCUT2D eigenvalue weighted by atomic mass is 16.4. The smallest absolute Gasteiger partial charge is 0.331 e. The van der Waals surface area contributed by atoms with E-state index in [2.05, 4.69) is 55.5 Å². The van der Waals surface area contributed by atoms with E-state index in [9.17, 15) is 4.79 Å². The van der Waals surface area contributed by atoms with E-state index in [1.807, 2.05) is 6.08 Å². The molecule has 0 bridgehead atoms. The van der Waals surface area contributed by atoms with Gasteiger partial charge >= 0.3 is 5.97 Å². The van der Waals surface area contributed by atoms with Gasteiger partial charge in [0.25, 0.3) is 0 Å². The van der Waals surface area contributed by atoms with Gasteiger partial charge in [-0.3, -0.25) is 0 Å². The molecule has 0 unspecified atom stereocenters. The Bertz CT molecular complexity index is 474. The molecule has 2 nitrogen and oxygen atoms in total. The van der Waals surface area contributed by atoms with E-state index in [0.717, 1.165) is 38.5 Å². The maximum Gasteiger partial charge on any atom is 0.331 e. The fourth-order valence-corrected chi connectivity index (χ4v) is 1.67. The predicted octanol–water partition coefficient (Wildman–Crippen LogP) is 6.16. The van der Waals surface area contributed by atoms with Crippen molar-refractivity contribution in [2.75, 3.05) is 0 Å². The van der Waals surface area contributed by atoms with Gasteiger partial charge in [-0.2, -0.15) is 0 Å². The van der Waals surface area contributed by atoms with Gasteiger partial charge in [0.2, 0.25) is 0 Å². The van der Waals surface area contributed by atoms with Crippen LogP contribution in [0.1, 0.15) is 52.4 Å². The van der Waals surface area contributed by atoms with Crippen molar-refractivity contribution in [1.82, 2.24) is 0 Å². The van der Waals surface area contributed by atoms with Crippen molar-refractivity contribution in [2.24, 2.45) is 0 Å². The zero-order chi connectivity index (χ0) is 17.2. The monoisotopic (exact) mass is 314 g/mol. The second-order valence-corrected chi connectivity index (χ2v) is 5.16. The molecule has 0 aliphatic heterocycles. The summed E-state index contributed by atoms with van der Waals surface area (Å²) in [5.74, 6) is -0.867. The van der Waals surface area contributed by atoms with Gasteiger partial charge in [0.1, 0.15) is 0 Å². The SMILES string of the molecule is CCC=CCC=CCC=CCC=CCCC=C/C=C(\C)C(=O)O. The van der Waals surface area contributed by atoms with E-state index in [1.165, 1.54) is 0 Å². The number of hydrogen-bond donors (Lipinski definition) is 1. The molecular formula is C21H30O2. The van der Waals surface area contributed by atoms with E-state index in [4.69, 9.17) is 5.11 Å². The Morgan fingerprint density at radius 2 is 1.26 bits per heavy atom. The predicted molar refractivity (Wildman–Crippen MR) is 100 cm³/mol. The zero-order valence-corrected chi connectivity index (χ0v) is 14.4. The molecule has 0 atom stereocenters. The maximum atomic E-state index is 10.6. The molecule has 0 radical (unpaired) electrons. The minimum Gasteiger partial charge on any atom is -0.478 e. The van der Waals surface area contributed by atoms with E-state index in [0.29, 0.717) is 5.57 Å². The summed E-state index contributed by atoms with van der Waals surface area (Å²) in [5.41, 5.74) is 0.359. The molecule has 0 fully saturated rings. The van der Waals surface area contributed by atoms with Crippen LogP contribution in [0.15, 0.2) is 72.4 Å². The molecule has 0 rings (SSSR count). The highest BCUT2D eigenvalue weighted by molar-refractivity contribution is 5.86. The molecule has 23 heavy (non-hydrogen) atoms. The van der Waals surface area contributed by atoms with Gasteiger partial charge in [0.15, 0.2) is 0 Å². The van der Waals surface area contributed by atoms with Crippen molar-refractivity contribution in [1.29, 1.82) is 0 Å². The molecule has 0 heterocycles. The lowest BCUT2D eigenvalue weighted by atomic mass is 10.2. The minimum absolute atomic E-state index is 0.359. The normalized spacial score (nSPS) is 13.6. The molecule has 1 N–H and O–H groups in total. The summed E-state index contributed by atoms with van der Waals surface area (Å²) in [6, 6.07) is 0. The third-order valence-corrected chi connectivity index (χ3v) is 3.04. The van der Waals surface area contributed by atoms with E-state index in [1.54, 1.807) is 19.1 Å². The molecule has 126 valence electrons. The summed E-state index contributed by atoms with van der Waals surface area (Å²) in [6.45, 7) is 3.74. The van der Waals surface area contributed by atoms with Gasteiger partial charge in [-0.05, 0) is 45.4 Å². The molecule has 0 aliphatic rings. The average molecular weight is 314 g/mol. The van der Waals surface area contributed by atoms with Crippen molar-refractivity contribution < 1.29 is 9.90 Å². The number of hydrogen-bond acceptors (Lipinski definition) is 1. The van der Waals surface area contributed by atoms with Crippen LogP contribution in [0, 0.1) is 0 Å². The number of carboxylic acid groups (broad SMARTS) is 1. The molecule has 0 aliphatic carbocycles. The minimum atomic E-state index is -0.867. The lowest BCUT2D eigenvalue weighted by Crippen LogP contribution is -1.94. The number of rotatable bonds is 12. The third kappa shape index (κ3) is 16.1. The standard InChI is InChI=1S/C21H30O2/c1-3-4-5-6-7-8-9-10-11-12-13-14-15-16-17-18-19-20(2)21(22)23/h4-5,7-8,10-11,13-14,17-19H,3,6,9,12,15-16H2,1-2H3,(H,22,23)/b5-4?,8-7?,11-10?,14-13?,18-17?,20-19+. The van der Waals surface area contributed by atoms with Crippen LogP contribution in [0.3, 0.4) is 0 Å². The molecule has 0 saturated carbocycles. The second-order valence-electron chi connectivity index (χ2n) is 5.16. The summed E-state index contributed by atoms with van der Waals surface area (Å²) >= 11 is 0. The van der Waals surface area contributed by atoms with Crippen LogP contribution in [0.5, 0.6) is 0 Å². The van der Waals surface area contributed by atoms with Crippen molar-refractivity contribution in [3.05, 3.63) is 72.4 Å². The molecular weight excluding hydrogens is 284 g/mol. The van der Waals surface area contributed by atoms with Crippen molar-refractivity contribution >= 4 is 5.97 Å². The Labute approximate surface area is 141 Å². The first-order chi connectivity index (χ1) is 11.2.